The number of amides is 1. The lowest BCUT2D eigenvalue weighted by atomic mass is 10.1. The number of aromatic amines is 1. The smallest absolute Gasteiger partial charge is 0.226 e. The van der Waals surface area contributed by atoms with E-state index in [1.807, 2.05) is 36.1 Å². The van der Waals surface area contributed by atoms with Crippen molar-refractivity contribution in [3.63, 3.8) is 0 Å². The lowest BCUT2D eigenvalue weighted by Gasteiger charge is -2.26. The number of carbonyl (C=O) groups excluding carboxylic acids is 1. The highest BCUT2D eigenvalue weighted by molar-refractivity contribution is 6.33. The van der Waals surface area contributed by atoms with Gasteiger partial charge in [-0.15, -0.1) is 0 Å². The van der Waals surface area contributed by atoms with Gasteiger partial charge >= 0.3 is 0 Å². The van der Waals surface area contributed by atoms with Crippen LogP contribution in [0.5, 0.6) is 0 Å². The Morgan fingerprint density at radius 1 is 1.48 bits per heavy atom. The van der Waals surface area contributed by atoms with Crippen LogP contribution in [0.25, 0.3) is 11.3 Å². The van der Waals surface area contributed by atoms with Crippen molar-refractivity contribution < 1.29 is 4.79 Å². The second kappa shape index (κ2) is 6.75. The first-order valence-electron chi connectivity index (χ1n) is 8.22. The van der Waals surface area contributed by atoms with Crippen LogP contribution in [-0.2, 0) is 4.79 Å². The number of benzene rings is 1. The van der Waals surface area contributed by atoms with E-state index in [1.165, 1.54) is 0 Å². The summed E-state index contributed by atoms with van der Waals surface area (Å²) in [5, 5.41) is 0.696. The topological polar surface area (TPSA) is 49.0 Å². The molecule has 1 aliphatic rings. The summed E-state index contributed by atoms with van der Waals surface area (Å²) in [4.78, 5) is 22.4. The number of halogens is 1. The fraction of sp³-hybridized carbons (Fsp3) is 0.444. The van der Waals surface area contributed by atoms with Crippen LogP contribution in [0.15, 0.2) is 30.5 Å². The number of H-pyrrole nitrogens is 1. The Balaban J connectivity index is 1.85. The quantitative estimate of drug-likeness (QED) is 0.900. The summed E-state index contributed by atoms with van der Waals surface area (Å²) >= 11 is 6.25. The summed E-state index contributed by atoms with van der Waals surface area (Å²) in [6.07, 6.45) is 4.65. The van der Waals surface area contributed by atoms with Crippen molar-refractivity contribution in [3.05, 3.63) is 41.3 Å². The molecule has 0 saturated carbocycles. The predicted octanol–water partition coefficient (Wildman–Crippen LogP) is 4.44. The Bertz CT molecular complexity index is 697. The molecule has 122 valence electrons. The first-order chi connectivity index (χ1) is 11.1. The Hall–Kier alpha value is -1.81. The van der Waals surface area contributed by atoms with Gasteiger partial charge in [-0.25, -0.2) is 4.98 Å². The van der Waals surface area contributed by atoms with Gasteiger partial charge in [0.05, 0.1) is 17.9 Å². The summed E-state index contributed by atoms with van der Waals surface area (Å²) in [6, 6.07) is 7.75. The molecule has 5 heteroatoms. The van der Waals surface area contributed by atoms with Crippen LogP contribution in [0, 0.1) is 5.92 Å². The van der Waals surface area contributed by atoms with E-state index in [1.54, 1.807) is 6.20 Å². The predicted molar refractivity (Wildman–Crippen MR) is 92.2 cm³/mol. The van der Waals surface area contributed by atoms with Crippen molar-refractivity contribution in [2.24, 2.45) is 5.92 Å². The lowest BCUT2D eigenvalue weighted by Crippen LogP contribution is -2.34. The molecule has 2 heterocycles. The highest BCUT2D eigenvalue weighted by Gasteiger charge is 2.33. The summed E-state index contributed by atoms with van der Waals surface area (Å²) in [7, 11) is 0. The maximum absolute atomic E-state index is 12.6. The van der Waals surface area contributed by atoms with Gasteiger partial charge in [0.2, 0.25) is 5.91 Å². The van der Waals surface area contributed by atoms with Crippen molar-refractivity contribution in [2.75, 3.05) is 6.54 Å². The Morgan fingerprint density at radius 2 is 2.26 bits per heavy atom. The molecule has 1 aliphatic heterocycles. The molecule has 1 N–H and O–H groups in total. The molecule has 0 radical (unpaired) electrons. The molecule has 1 fully saturated rings. The van der Waals surface area contributed by atoms with Crippen molar-refractivity contribution in [2.45, 2.75) is 39.2 Å². The maximum atomic E-state index is 12.6. The minimum absolute atomic E-state index is 0.0488. The monoisotopic (exact) mass is 331 g/mol. The van der Waals surface area contributed by atoms with E-state index in [0.29, 0.717) is 5.02 Å². The number of nitrogens with one attached hydrogen (secondary N) is 1. The van der Waals surface area contributed by atoms with Crippen LogP contribution in [0.1, 0.15) is 45.0 Å². The summed E-state index contributed by atoms with van der Waals surface area (Å²) in [5.74, 6) is 1.15. The number of nitrogens with zero attached hydrogens (tertiary/aromatic N) is 2. The number of likely N-dealkylation sites (tertiary alicyclic amines) is 1. The van der Waals surface area contributed by atoms with Gasteiger partial charge in [0.25, 0.3) is 0 Å². The van der Waals surface area contributed by atoms with Crippen molar-refractivity contribution in [1.82, 2.24) is 14.9 Å². The van der Waals surface area contributed by atoms with Crippen molar-refractivity contribution >= 4 is 17.5 Å². The standard InChI is InChI=1S/C18H22ClN3O/c1-3-12(2)18(23)22-10-6-9-16(22)17-20-11-15(21-17)13-7-4-5-8-14(13)19/h4-5,7-8,11-12,16H,3,6,9-10H2,1-2H3,(H,20,21)/t12-,16-/m0/s1. The van der Waals surface area contributed by atoms with E-state index in [4.69, 9.17) is 11.6 Å². The van der Waals surface area contributed by atoms with Crippen LogP contribution in [0.3, 0.4) is 0 Å². The molecular weight excluding hydrogens is 310 g/mol. The number of rotatable bonds is 4. The van der Waals surface area contributed by atoms with E-state index in [-0.39, 0.29) is 17.9 Å². The highest BCUT2D eigenvalue weighted by atomic mass is 35.5. The Kier molecular flexibility index (Phi) is 4.71. The molecule has 0 aliphatic carbocycles. The van der Waals surface area contributed by atoms with E-state index in [9.17, 15) is 4.79 Å². The fourth-order valence-corrected chi connectivity index (χ4v) is 3.33. The van der Waals surface area contributed by atoms with Crippen LogP contribution >= 0.6 is 11.6 Å². The summed E-state index contributed by atoms with van der Waals surface area (Å²) in [5.41, 5.74) is 1.83. The molecule has 4 nitrogen and oxygen atoms in total. The summed E-state index contributed by atoms with van der Waals surface area (Å²) < 4.78 is 0. The van der Waals surface area contributed by atoms with Crippen molar-refractivity contribution in [3.8, 4) is 11.3 Å². The van der Waals surface area contributed by atoms with Gasteiger partial charge < -0.3 is 9.88 Å². The third kappa shape index (κ3) is 3.13. The first-order valence-corrected chi connectivity index (χ1v) is 8.60. The third-order valence-electron chi connectivity index (χ3n) is 4.64. The number of imidazole rings is 1. The van der Waals surface area contributed by atoms with E-state index in [2.05, 4.69) is 16.9 Å². The molecular formula is C18H22ClN3O. The van der Waals surface area contributed by atoms with E-state index in [0.717, 1.165) is 42.9 Å². The molecule has 0 bridgehead atoms. The zero-order valence-corrected chi connectivity index (χ0v) is 14.3. The SMILES string of the molecule is CC[C@H](C)C(=O)N1CCC[C@H]1c1ncc(-c2ccccc2Cl)[nH]1. The second-order valence-electron chi connectivity index (χ2n) is 6.16. The number of hydrogen-bond donors (Lipinski definition) is 1. The van der Waals surface area contributed by atoms with Crippen LogP contribution in [0.2, 0.25) is 5.02 Å². The van der Waals surface area contributed by atoms with E-state index < -0.39 is 0 Å². The molecule has 2 aromatic rings. The molecule has 2 atom stereocenters. The van der Waals surface area contributed by atoms with Gasteiger partial charge in [0, 0.05) is 23.0 Å². The maximum Gasteiger partial charge on any atom is 0.226 e. The minimum Gasteiger partial charge on any atom is -0.340 e. The van der Waals surface area contributed by atoms with Gasteiger partial charge in [0.1, 0.15) is 5.82 Å². The largest absolute Gasteiger partial charge is 0.340 e. The first kappa shape index (κ1) is 16.1. The average molecular weight is 332 g/mol. The minimum atomic E-state index is 0.0488. The number of aromatic nitrogens is 2. The van der Waals surface area contributed by atoms with Gasteiger partial charge in [-0.3, -0.25) is 4.79 Å². The molecule has 0 spiro atoms. The van der Waals surface area contributed by atoms with Crippen molar-refractivity contribution in [1.29, 1.82) is 0 Å². The molecule has 3 rings (SSSR count). The molecule has 23 heavy (non-hydrogen) atoms. The molecule has 1 saturated heterocycles. The van der Waals surface area contributed by atoms with Gasteiger partial charge in [-0.2, -0.15) is 0 Å². The Labute approximate surface area is 141 Å². The number of carbonyl (C=O) groups is 1. The molecule has 1 aromatic carbocycles. The normalized spacial score (nSPS) is 19.1. The molecule has 1 amide bonds. The zero-order valence-electron chi connectivity index (χ0n) is 13.6. The van der Waals surface area contributed by atoms with Crippen LogP contribution < -0.4 is 0 Å². The number of hydrogen-bond acceptors (Lipinski definition) is 2. The Morgan fingerprint density at radius 3 is 3.00 bits per heavy atom. The van der Waals surface area contributed by atoms with Crippen LogP contribution in [-0.4, -0.2) is 27.3 Å². The molecule has 1 aromatic heterocycles. The highest BCUT2D eigenvalue weighted by Crippen LogP contribution is 2.34. The van der Waals surface area contributed by atoms with Gasteiger partial charge in [-0.1, -0.05) is 43.6 Å². The second-order valence-corrected chi connectivity index (χ2v) is 6.57. The fourth-order valence-electron chi connectivity index (χ4n) is 3.09. The van der Waals surface area contributed by atoms with Gasteiger partial charge in [0.15, 0.2) is 0 Å². The zero-order chi connectivity index (χ0) is 16.4. The third-order valence-corrected chi connectivity index (χ3v) is 4.97. The average Bonchev–Trinajstić information content (AvgIpc) is 3.22. The van der Waals surface area contributed by atoms with Gasteiger partial charge in [-0.05, 0) is 25.3 Å². The summed E-state index contributed by atoms with van der Waals surface area (Å²) in [6.45, 7) is 4.86. The molecule has 0 unspecified atom stereocenters. The van der Waals surface area contributed by atoms with Crippen LogP contribution in [0.4, 0.5) is 0 Å². The van der Waals surface area contributed by atoms with E-state index >= 15 is 0 Å². The lowest BCUT2D eigenvalue weighted by molar-refractivity contribution is -0.136.